The number of carbonyl (C=O) groups excluding carboxylic acids is 2. The normalized spacial score (nSPS) is 10.6. The second-order valence-electron chi connectivity index (χ2n) is 5.97. The van der Waals surface area contributed by atoms with Crippen molar-refractivity contribution in [1.29, 1.82) is 0 Å². The summed E-state index contributed by atoms with van der Waals surface area (Å²) in [4.78, 5) is 29.0. The van der Waals surface area contributed by atoms with Crippen molar-refractivity contribution >= 4 is 39.2 Å². The fraction of sp³-hybridized carbons (Fsp3) is 0.250. The predicted molar refractivity (Wildman–Crippen MR) is 109 cm³/mol. The number of nitrogens with one attached hydrogen (secondary N) is 1. The number of carbonyl (C=O) groups is 2. The molecule has 0 aliphatic heterocycles. The maximum atomic E-state index is 12.4. The highest BCUT2D eigenvalue weighted by Gasteiger charge is 2.18. The van der Waals surface area contributed by atoms with Crippen LogP contribution in [0, 0.1) is 6.92 Å². The number of benzene rings is 1. The van der Waals surface area contributed by atoms with Crippen molar-refractivity contribution in [1.82, 2.24) is 9.55 Å². The van der Waals surface area contributed by atoms with Crippen LogP contribution in [0.4, 0.5) is 5.13 Å². The van der Waals surface area contributed by atoms with Crippen molar-refractivity contribution < 1.29 is 19.1 Å². The summed E-state index contributed by atoms with van der Waals surface area (Å²) in [6, 6.07) is 7.69. The van der Waals surface area contributed by atoms with E-state index in [0.29, 0.717) is 22.3 Å². The van der Waals surface area contributed by atoms with Gasteiger partial charge in [-0.05, 0) is 38.1 Å². The molecule has 0 unspecified atom stereocenters. The first-order valence-electron chi connectivity index (χ1n) is 8.78. The summed E-state index contributed by atoms with van der Waals surface area (Å²) in [5.74, 6) is 0.0920. The Hall–Kier alpha value is -3.13. The molecule has 3 aromatic rings. The van der Waals surface area contributed by atoms with Gasteiger partial charge in [-0.2, -0.15) is 0 Å². The second kappa shape index (κ2) is 8.71. The Kier molecular flexibility index (Phi) is 6.10. The molecule has 146 valence electrons. The van der Waals surface area contributed by atoms with Crippen LogP contribution in [0.5, 0.6) is 5.75 Å². The minimum Gasteiger partial charge on any atom is -0.494 e. The minimum atomic E-state index is -0.475. The van der Waals surface area contributed by atoms with E-state index in [0.717, 1.165) is 28.0 Å². The monoisotopic (exact) mass is 399 g/mol. The number of fused-ring (bicyclic) bond motifs is 1. The van der Waals surface area contributed by atoms with Crippen LogP contribution in [0.25, 0.3) is 10.9 Å². The minimum absolute atomic E-state index is 0.129. The summed E-state index contributed by atoms with van der Waals surface area (Å²) in [5.41, 5.74) is 1.45. The molecule has 0 fully saturated rings. The lowest BCUT2D eigenvalue weighted by Gasteiger charge is -2.07. The van der Waals surface area contributed by atoms with Crippen molar-refractivity contribution in [3.8, 4) is 5.75 Å². The van der Waals surface area contributed by atoms with E-state index < -0.39 is 5.97 Å². The van der Waals surface area contributed by atoms with E-state index in [4.69, 9.17) is 9.47 Å². The fourth-order valence-corrected chi connectivity index (χ4v) is 3.60. The van der Waals surface area contributed by atoms with E-state index in [1.807, 2.05) is 42.0 Å². The zero-order chi connectivity index (χ0) is 20.1. The standard InChI is InChI=1S/C20H21N3O4S/c1-4-10-27-19(25)18-13(3)21-20(28-18)22-17(24)12-23-9-8-14-11-15(26-5-2)6-7-16(14)23/h4,6-9,11H,1,5,10,12H2,2-3H3,(H,21,22,24). The van der Waals surface area contributed by atoms with Crippen LogP contribution >= 0.6 is 11.3 Å². The zero-order valence-corrected chi connectivity index (χ0v) is 16.5. The quantitative estimate of drug-likeness (QED) is 0.460. The molecule has 0 atom stereocenters. The molecule has 7 nitrogen and oxygen atoms in total. The largest absolute Gasteiger partial charge is 0.494 e. The third-order valence-electron chi connectivity index (χ3n) is 3.93. The number of aryl methyl sites for hydroxylation is 1. The SMILES string of the molecule is C=CCOC(=O)c1sc(NC(=O)Cn2ccc3cc(OCC)ccc32)nc1C. The molecule has 2 heterocycles. The van der Waals surface area contributed by atoms with E-state index >= 15 is 0 Å². The third kappa shape index (κ3) is 4.40. The summed E-state index contributed by atoms with van der Waals surface area (Å²) >= 11 is 1.09. The Balaban J connectivity index is 1.68. The molecule has 28 heavy (non-hydrogen) atoms. The van der Waals surface area contributed by atoms with Crippen LogP contribution in [0.1, 0.15) is 22.3 Å². The van der Waals surface area contributed by atoms with Gasteiger partial charge in [-0.3, -0.25) is 4.79 Å². The number of hydrogen-bond donors (Lipinski definition) is 1. The van der Waals surface area contributed by atoms with Crippen LogP contribution in [0.2, 0.25) is 0 Å². The number of thiazole rings is 1. The maximum Gasteiger partial charge on any atom is 0.350 e. The third-order valence-corrected chi connectivity index (χ3v) is 4.98. The molecule has 0 spiro atoms. The number of aromatic nitrogens is 2. The van der Waals surface area contributed by atoms with Crippen LogP contribution in [0.3, 0.4) is 0 Å². The number of ether oxygens (including phenoxy) is 2. The Bertz CT molecular complexity index is 1020. The van der Waals surface area contributed by atoms with Crippen LogP contribution in [-0.2, 0) is 16.1 Å². The van der Waals surface area contributed by atoms with E-state index in [1.54, 1.807) is 6.92 Å². The van der Waals surface area contributed by atoms with Crippen LogP contribution in [0.15, 0.2) is 43.1 Å². The number of rotatable bonds is 8. The first-order chi connectivity index (χ1) is 13.5. The smallest absolute Gasteiger partial charge is 0.350 e. The maximum absolute atomic E-state index is 12.4. The molecule has 1 amide bonds. The Morgan fingerprint density at radius 3 is 2.93 bits per heavy atom. The lowest BCUT2D eigenvalue weighted by atomic mass is 10.2. The Labute approximate surface area is 166 Å². The first kappa shape index (κ1) is 19.6. The molecule has 0 bridgehead atoms. The van der Waals surface area contributed by atoms with Gasteiger partial charge in [-0.1, -0.05) is 24.0 Å². The molecule has 3 rings (SSSR count). The zero-order valence-electron chi connectivity index (χ0n) is 15.7. The van der Waals surface area contributed by atoms with Gasteiger partial charge in [0.2, 0.25) is 5.91 Å². The highest BCUT2D eigenvalue weighted by molar-refractivity contribution is 7.17. The lowest BCUT2D eigenvalue weighted by molar-refractivity contribution is -0.116. The molecule has 8 heteroatoms. The van der Waals surface area contributed by atoms with Gasteiger partial charge >= 0.3 is 5.97 Å². The molecule has 0 aliphatic carbocycles. The van der Waals surface area contributed by atoms with Gasteiger partial charge in [-0.15, -0.1) is 0 Å². The molecule has 0 aliphatic rings. The molecule has 0 saturated carbocycles. The van der Waals surface area contributed by atoms with Gasteiger partial charge in [0, 0.05) is 17.1 Å². The number of nitrogens with zero attached hydrogens (tertiary/aromatic N) is 2. The van der Waals surface area contributed by atoms with Gasteiger partial charge in [0.1, 0.15) is 23.8 Å². The van der Waals surface area contributed by atoms with Crippen molar-refractivity contribution in [3.63, 3.8) is 0 Å². The summed E-state index contributed by atoms with van der Waals surface area (Å²) in [6.45, 7) is 8.01. The van der Waals surface area contributed by atoms with Crippen LogP contribution < -0.4 is 10.1 Å². The topological polar surface area (TPSA) is 82.5 Å². The number of anilines is 1. The molecule has 0 radical (unpaired) electrons. The first-order valence-corrected chi connectivity index (χ1v) is 9.60. The molecule has 1 aromatic carbocycles. The highest BCUT2D eigenvalue weighted by atomic mass is 32.1. The van der Waals surface area contributed by atoms with Gasteiger partial charge in [0.25, 0.3) is 0 Å². The summed E-state index contributed by atoms with van der Waals surface area (Å²) in [6.07, 6.45) is 3.35. The molecule has 0 saturated heterocycles. The average molecular weight is 399 g/mol. The van der Waals surface area contributed by atoms with E-state index in [-0.39, 0.29) is 19.1 Å². The average Bonchev–Trinajstić information content (AvgIpc) is 3.23. The molecule has 1 N–H and O–H groups in total. The van der Waals surface area contributed by atoms with Gasteiger partial charge in [-0.25, -0.2) is 9.78 Å². The van der Waals surface area contributed by atoms with Gasteiger partial charge < -0.3 is 19.4 Å². The number of hydrogen-bond acceptors (Lipinski definition) is 6. The van der Waals surface area contributed by atoms with Crippen LogP contribution in [-0.4, -0.2) is 34.6 Å². The molecular formula is C20H21N3O4S. The van der Waals surface area contributed by atoms with E-state index in [1.165, 1.54) is 6.08 Å². The highest BCUT2D eigenvalue weighted by Crippen LogP contribution is 2.24. The van der Waals surface area contributed by atoms with E-state index in [9.17, 15) is 9.59 Å². The Morgan fingerprint density at radius 2 is 2.18 bits per heavy atom. The fourth-order valence-electron chi connectivity index (χ4n) is 2.73. The van der Waals surface area contributed by atoms with E-state index in [2.05, 4.69) is 16.9 Å². The predicted octanol–water partition coefficient (Wildman–Crippen LogP) is 3.79. The number of esters is 1. The second-order valence-corrected chi connectivity index (χ2v) is 6.97. The van der Waals surface area contributed by atoms with Crippen molar-refractivity contribution in [2.45, 2.75) is 20.4 Å². The Morgan fingerprint density at radius 1 is 1.36 bits per heavy atom. The summed E-state index contributed by atoms with van der Waals surface area (Å²) in [5, 5.41) is 4.10. The summed E-state index contributed by atoms with van der Waals surface area (Å²) < 4.78 is 12.4. The molecule has 2 aromatic heterocycles. The lowest BCUT2D eigenvalue weighted by Crippen LogP contribution is -2.18. The van der Waals surface area contributed by atoms with Gasteiger partial charge in [0.05, 0.1) is 12.3 Å². The number of amides is 1. The van der Waals surface area contributed by atoms with Crippen molar-refractivity contribution in [2.24, 2.45) is 0 Å². The van der Waals surface area contributed by atoms with Crippen molar-refractivity contribution in [2.75, 3.05) is 18.5 Å². The van der Waals surface area contributed by atoms with Gasteiger partial charge in [0.15, 0.2) is 5.13 Å². The van der Waals surface area contributed by atoms with Crippen molar-refractivity contribution in [3.05, 3.63) is 53.7 Å². The summed E-state index contributed by atoms with van der Waals surface area (Å²) in [7, 11) is 0. The molecular weight excluding hydrogens is 378 g/mol.